The number of ether oxygens (including phenoxy) is 1. The lowest BCUT2D eigenvalue weighted by molar-refractivity contribution is 0.415. The van der Waals surface area contributed by atoms with Gasteiger partial charge in [0.2, 0.25) is 0 Å². The topological polar surface area (TPSA) is 57.6 Å². The molecule has 0 saturated carbocycles. The van der Waals surface area contributed by atoms with Crippen LogP contribution in [0.15, 0.2) is 47.5 Å². The zero-order valence-electron chi connectivity index (χ0n) is 11.3. The van der Waals surface area contributed by atoms with Crippen molar-refractivity contribution in [3.8, 4) is 11.6 Å². The van der Waals surface area contributed by atoms with Crippen LogP contribution in [-0.4, -0.2) is 23.4 Å². The van der Waals surface area contributed by atoms with Crippen molar-refractivity contribution >= 4 is 34.4 Å². The third kappa shape index (κ3) is 2.71. The standard InChI is InChI=1S/C16H13ClN2O2/c1-21-12-5-3-11(4-6-12)18-9-14-13-7-2-10(17)8-15(13)19-16(14)20/h2-9,19-20H,1H3. The van der Waals surface area contributed by atoms with Gasteiger partial charge in [-0.3, -0.25) is 4.99 Å². The van der Waals surface area contributed by atoms with Crippen molar-refractivity contribution in [3.63, 3.8) is 0 Å². The Morgan fingerprint density at radius 2 is 1.95 bits per heavy atom. The van der Waals surface area contributed by atoms with Gasteiger partial charge in [-0.15, -0.1) is 0 Å². The maximum absolute atomic E-state index is 9.98. The van der Waals surface area contributed by atoms with Crippen LogP contribution in [0, 0.1) is 0 Å². The summed E-state index contributed by atoms with van der Waals surface area (Å²) in [4.78, 5) is 7.25. The molecule has 0 aliphatic heterocycles. The average Bonchev–Trinajstić information content (AvgIpc) is 2.80. The highest BCUT2D eigenvalue weighted by atomic mass is 35.5. The van der Waals surface area contributed by atoms with Gasteiger partial charge in [0.1, 0.15) is 5.75 Å². The van der Waals surface area contributed by atoms with Gasteiger partial charge >= 0.3 is 0 Å². The van der Waals surface area contributed by atoms with Crippen LogP contribution in [0.2, 0.25) is 5.02 Å². The lowest BCUT2D eigenvalue weighted by atomic mass is 10.2. The second kappa shape index (κ2) is 5.50. The molecule has 21 heavy (non-hydrogen) atoms. The first-order valence-electron chi connectivity index (χ1n) is 6.35. The van der Waals surface area contributed by atoms with Crippen molar-refractivity contribution in [3.05, 3.63) is 53.1 Å². The minimum Gasteiger partial charge on any atom is -0.497 e. The highest BCUT2D eigenvalue weighted by Crippen LogP contribution is 2.28. The van der Waals surface area contributed by atoms with E-state index in [0.29, 0.717) is 10.6 Å². The molecule has 2 N–H and O–H groups in total. The molecule has 3 aromatic rings. The van der Waals surface area contributed by atoms with E-state index < -0.39 is 0 Å². The Morgan fingerprint density at radius 1 is 1.19 bits per heavy atom. The summed E-state index contributed by atoms with van der Waals surface area (Å²) >= 11 is 5.93. The molecular formula is C16H13ClN2O2. The molecule has 5 heteroatoms. The van der Waals surface area contributed by atoms with Crippen LogP contribution in [0.5, 0.6) is 11.6 Å². The van der Waals surface area contributed by atoms with Crippen molar-refractivity contribution in [1.29, 1.82) is 0 Å². The van der Waals surface area contributed by atoms with Gasteiger partial charge < -0.3 is 14.8 Å². The lowest BCUT2D eigenvalue weighted by Crippen LogP contribution is -1.81. The number of nitrogens with zero attached hydrogens (tertiary/aromatic N) is 1. The highest BCUT2D eigenvalue weighted by Gasteiger charge is 2.08. The third-order valence-corrected chi connectivity index (χ3v) is 3.43. The predicted molar refractivity (Wildman–Crippen MR) is 85.2 cm³/mol. The molecule has 0 radical (unpaired) electrons. The molecule has 0 spiro atoms. The number of aliphatic imine (C=N–C) groups is 1. The summed E-state index contributed by atoms with van der Waals surface area (Å²) in [7, 11) is 1.62. The first kappa shape index (κ1) is 13.5. The number of aromatic nitrogens is 1. The van der Waals surface area contributed by atoms with E-state index in [1.54, 1.807) is 25.5 Å². The number of aromatic hydroxyl groups is 1. The second-order valence-corrected chi connectivity index (χ2v) is 4.97. The fourth-order valence-electron chi connectivity index (χ4n) is 2.12. The van der Waals surface area contributed by atoms with Gasteiger partial charge in [0.05, 0.1) is 23.9 Å². The Bertz CT molecular complexity index is 807. The molecule has 0 saturated heterocycles. The van der Waals surface area contributed by atoms with E-state index in [1.807, 2.05) is 30.3 Å². The number of H-pyrrole nitrogens is 1. The van der Waals surface area contributed by atoms with Gasteiger partial charge in [-0.2, -0.15) is 0 Å². The third-order valence-electron chi connectivity index (χ3n) is 3.20. The van der Waals surface area contributed by atoms with Crippen molar-refractivity contribution in [2.24, 2.45) is 4.99 Å². The lowest BCUT2D eigenvalue weighted by Gasteiger charge is -1.99. The molecule has 0 amide bonds. The van der Waals surface area contributed by atoms with Crippen LogP contribution in [0.1, 0.15) is 5.56 Å². The van der Waals surface area contributed by atoms with Gasteiger partial charge in [-0.25, -0.2) is 0 Å². The van der Waals surface area contributed by atoms with Gasteiger partial charge in [-0.1, -0.05) is 17.7 Å². The van der Waals surface area contributed by atoms with Crippen LogP contribution in [0.4, 0.5) is 5.69 Å². The van der Waals surface area contributed by atoms with E-state index in [1.165, 1.54) is 0 Å². The molecule has 0 fully saturated rings. The molecule has 3 rings (SSSR count). The number of hydrogen-bond acceptors (Lipinski definition) is 3. The van der Waals surface area contributed by atoms with Gasteiger partial charge in [-0.05, 0) is 36.4 Å². The van der Waals surface area contributed by atoms with E-state index in [9.17, 15) is 5.11 Å². The van der Waals surface area contributed by atoms with E-state index in [2.05, 4.69) is 9.98 Å². The zero-order valence-corrected chi connectivity index (χ0v) is 12.1. The Morgan fingerprint density at radius 3 is 2.67 bits per heavy atom. The normalized spacial score (nSPS) is 11.3. The van der Waals surface area contributed by atoms with Crippen LogP contribution < -0.4 is 4.74 Å². The fourth-order valence-corrected chi connectivity index (χ4v) is 2.29. The van der Waals surface area contributed by atoms with Crippen LogP contribution in [-0.2, 0) is 0 Å². The number of benzene rings is 2. The molecule has 0 aliphatic carbocycles. The van der Waals surface area contributed by atoms with Crippen molar-refractivity contribution in [2.45, 2.75) is 0 Å². The monoisotopic (exact) mass is 300 g/mol. The SMILES string of the molecule is COc1ccc(N=Cc2c(O)[nH]c3cc(Cl)ccc23)cc1. The Balaban J connectivity index is 1.96. The number of nitrogens with one attached hydrogen (secondary N) is 1. The molecule has 0 unspecified atom stereocenters. The molecule has 0 aliphatic rings. The molecule has 0 atom stereocenters. The van der Waals surface area contributed by atoms with Crippen molar-refractivity contribution in [1.82, 2.24) is 4.98 Å². The highest BCUT2D eigenvalue weighted by molar-refractivity contribution is 6.31. The van der Waals surface area contributed by atoms with Gasteiger partial charge in [0.25, 0.3) is 0 Å². The quantitative estimate of drug-likeness (QED) is 0.709. The summed E-state index contributed by atoms with van der Waals surface area (Å²) in [5.41, 5.74) is 2.19. The minimum absolute atomic E-state index is 0.0736. The van der Waals surface area contributed by atoms with Crippen LogP contribution in [0.25, 0.3) is 10.9 Å². The first-order valence-corrected chi connectivity index (χ1v) is 6.73. The Labute approximate surface area is 126 Å². The van der Waals surface area contributed by atoms with E-state index in [4.69, 9.17) is 16.3 Å². The summed E-state index contributed by atoms with van der Waals surface area (Å²) < 4.78 is 5.10. The summed E-state index contributed by atoms with van der Waals surface area (Å²) in [5, 5.41) is 11.5. The van der Waals surface area contributed by atoms with E-state index in [-0.39, 0.29) is 5.88 Å². The van der Waals surface area contributed by atoms with Gasteiger partial charge in [0, 0.05) is 16.6 Å². The van der Waals surface area contributed by atoms with E-state index in [0.717, 1.165) is 22.3 Å². The number of aromatic amines is 1. The number of halogens is 1. The van der Waals surface area contributed by atoms with Crippen LogP contribution in [0.3, 0.4) is 0 Å². The Hall–Kier alpha value is -2.46. The summed E-state index contributed by atoms with van der Waals surface area (Å²) in [6.07, 6.45) is 1.63. The van der Waals surface area contributed by atoms with Crippen LogP contribution >= 0.6 is 11.6 Å². The summed E-state index contributed by atoms with van der Waals surface area (Å²) in [6, 6.07) is 12.8. The second-order valence-electron chi connectivity index (χ2n) is 4.53. The predicted octanol–water partition coefficient (Wildman–Crippen LogP) is 4.29. The Kier molecular flexibility index (Phi) is 3.54. The smallest absolute Gasteiger partial charge is 0.198 e. The first-order chi connectivity index (χ1) is 10.2. The average molecular weight is 301 g/mol. The fraction of sp³-hybridized carbons (Fsp3) is 0.0625. The minimum atomic E-state index is 0.0736. The largest absolute Gasteiger partial charge is 0.497 e. The molecule has 106 valence electrons. The zero-order chi connectivity index (χ0) is 14.8. The molecule has 0 bridgehead atoms. The molecular weight excluding hydrogens is 288 g/mol. The molecule has 2 aromatic carbocycles. The maximum Gasteiger partial charge on any atom is 0.198 e. The van der Waals surface area contributed by atoms with E-state index >= 15 is 0 Å². The number of methoxy groups -OCH3 is 1. The van der Waals surface area contributed by atoms with Crippen molar-refractivity contribution in [2.75, 3.05) is 7.11 Å². The maximum atomic E-state index is 9.98. The number of hydrogen-bond donors (Lipinski definition) is 2. The summed E-state index contributed by atoms with van der Waals surface area (Å²) in [6.45, 7) is 0. The molecule has 1 heterocycles. The summed E-state index contributed by atoms with van der Waals surface area (Å²) in [5.74, 6) is 0.850. The molecule has 1 aromatic heterocycles. The number of rotatable bonds is 3. The van der Waals surface area contributed by atoms with Crippen molar-refractivity contribution < 1.29 is 9.84 Å². The molecule has 4 nitrogen and oxygen atoms in total. The number of fused-ring (bicyclic) bond motifs is 1. The van der Waals surface area contributed by atoms with Gasteiger partial charge in [0.15, 0.2) is 5.88 Å².